The summed E-state index contributed by atoms with van der Waals surface area (Å²) in [5.41, 5.74) is -0.787. The zero-order chi connectivity index (χ0) is 9.78. The quantitative estimate of drug-likeness (QED) is 0.654. The number of hydrogen-bond donors (Lipinski definition) is 1. The maximum atomic E-state index is 11.3. The van der Waals surface area contributed by atoms with Crippen molar-refractivity contribution in [3.8, 4) is 0 Å². The Balaban J connectivity index is 4.27. The summed E-state index contributed by atoms with van der Waals surface area (Å²) in [6.07, 6.45) is -0.0669. The monoisotopic (exact) mass is 174 g/mol. The van der Waals surface area contributed by atoms with Gasteiger partial charge >= 0.3 is 5.97 Å². The summed E-state index contributed by atoms with van der Waals surface area (Å²) in [5, 5.41) is 9.48. The first-order chi connectivity index (χ1) is 5.46. The maximum Gasteiger partial charge on any atom is 0.314 e. The molecular formula is C9H18O3. The van der Waals surface area contributed by atoms with E-state index in [1.165, 1.54) is 0 Å². The Bertz CT molecular complexity index is 152. The van der Waals surface area contributed by atoms with Crippen molar-refractivity contribution in [2.24, 2.45) is 5.41 Å². The fourth-order valence-corrected chi connectivity index (χ4v) is 0.963. The Morgan fingerprint density at radius 3 is 2.33 bits per heavy atom. The second-order valence-electron chi connectivity index (χ2n) is 3.37. The van der Waals surface area contributed by atoms with Gasteiger partial charge in [-0.05, 0) is 27.2 Å². The highest BCUT2D eigenvalue weighted by molar-refractivity contribution is 5.76. The van der Waals surface area contributed by atoms with E-state index in [2.05, 4.69) is 0 Å². The van der Waals surface area contributed by atoms with Crippen LogP contribution in [-0.2, 0) is 9.53 Å². The predicted octanol–water partition coefficient (Wildman–Crippen LogP) is 1.35. The van der Waals surface area contributed by atoms with Crippen LogP contribution in [0, 0.1) is 5.41 Å². The fourth-order valence-electron chi connectivity index (χ4n) is 0.963. The molecule has 0 aliphatic carbocycles. The van der Waals surface area contributed by atoms with Crippen molar-refractivity contribution in [1.29, 1.82) is 0 Å². The Morgan fingerprint density at radius 2 is 2.00 bits per heavy atom. The number of aliphatic hydroxyl groups is 1. The summed E-state index contributed by atoms with van der Waals surface area (Å²) in [7, 11) is 0. The third-order valence-electron chi connectivity index (χ3n) is 2.02. The molecule has 0 saturated carbocycles. The summed E-state index contributed by atoms with van der Waals surface area (Å²) in [5.74, 6) is -0.334. The highest BCUT2D eigenvalue weighted by Gasteiger charge is 2.35. The molecule has 0 aliphatic heterocycles. The van der Waals surface area contributed by atoms with E-state index in [1.807, 2.05) is 6.92 Å². The fraction of sp³-hybridized carbons (Fsp3) is 0.889. The summed E-state index contributed by atoms with van der Waals surface area (Å²) in [6, 6.07) is 0. The molecule has 12 heavy (non-hydrogen) atoms. The van der Waals surface area contributed by atoms with E-state index < -0.39 is 11.5 Å². The second-order valence-corrected chi connectivity index (χ2v) is 3.37. The van der Waals surface area contributed by atoms with Gasteiger partial charge in [-0.3, -0.25) is 4.79 Å². The molecule has 3 nitrogen and oxygen atoms in total. The van der Waals surface area contributed by atoms with Crippen molar-refractivity contribution in [3.63, 3.8) is 0 Å². The normalized spacial score (nSPS) is 14.1. The van der Waals surface area contributed by atoms with Gasteiger partial charge in [0.25, 0.3) is 0 Å². The van der Waals surface area contributed by atoms with Crippen LogP contribution in [-0.4, -0.2) is 23.8 Å². The summed E-state index contributed by atoms with van der Waals surface area (Å²) < 4.78 is 4.83. The number of hydrogen-bond acceptors (Lipinski definition) is 3. The van der Waals surface area contributed by atoms with Gasteiger partial charge in [-0.1, -0.05) is 6.92 Å². The number of carbonyl (C=O) groups excluding carboxylic acids is 1. The van der Waals surface area contributed by atoms with E-state index in [1.54, 1.807) is 20.8 Å². The largest absolute Gasteiger partial charge is 0.466 e. The van der Waals surface area contributed by atoms with Crippen molar-refractivity contribution in [2.45, 2.75) is 40.2 Å². The van der Waals surface area contributed by atoms with E-state index in [4.69, 9.17) is 4.74 Å². The van der Waals surface area contributed by atoms with E-state index >= 15 is 0 Å². The molecule has 1 N–H and O–H groups in total. The van der Waals surface area contributed by atoms with Crippen molar-refractivity contribution >= 4 is 5.97 Å². The van der Waals surface area contributed by atoms with E-state index in [0.29, 0.717) is 13.0 Å². The third kappa shape index (κ3) is 2.48. The van der Waals surface area contributed by atoms with Gasteiger partial charge in [0.1, 0.15) is 0 Å². The molecule has 0 spiro atoms. The van der Waals surface area contributed by atoms with Gasteiger partial charge in [0.2, 0.25) is 0 Å². The summed E-state index contributed by atoms with van der Waals surface area (Å²) >= 11 is 0. The van der Waals surface area contributed by atoms with Crippen LogP contribution in [0.2, 0.25) is 0 Å². The van der Waals surface area contributed by atoms with Crippen LogP contribution in [0.15, 0.2) is 0 Å². The van der Waals surface area contributed by atoms with Crippen molar-refractivity contribution in [2.75, 3.05) is 6.61 Å². The molecule has 0 radical (unpaired) electrons. The molecule has 72 valence electrons. The van der Waals surface area contributed by atoms with E-state index in [0.717, 1.165) is 0 Å². The van der Waals surface area contributed by atoms with Crippen LogP contribution in [0.3, 0.4) is 0 Å². The molecular weight excluding hydrogens is 156 g/mol. The Hall–Kier alpha value is -0.570. The predicted molar refractivity (Wildman–Crippen MR) is 46.7 cm³/mol. The average Bonchev–Trinajstić information content (AvgIpc) is 2.03. The number of rotatable bonds is 4. The van der Waals surface area contributed by atoms with Gasteiger partial charge < -0.3 is 9.84 Å². The first-order valence-electron chi connectivity index (χ1n) is 4.32. The molecule has 0 amide bonds. The highest BCUT2D eigenvalue weighted by atomic mass is 16.5. The van der Waals surface area contributed by atoms with Crippen molar-refractivity contribution in [3.05, 3.63) is 0 Å². The number of carbonyl (C=O) groups is 1. The van der Waals surface area contributed by atoms with Gasteiger partial charge in [0.05, 0.1) is 18.1 Å². The minimum atomic E-state index is -0.787. The Kier molecular flexibility index (Phi) is 4.24. The first-order valence-corrected chi connectivity index (χ1v) is 4.32. The minimum Gasteiger partial charge on any atom is -0.466 e. The van der Waals surface area contributed by atoms with Crippen LogP contribution in [0.5, 0.6) is 0 Å². The van der Waals surface area contributed by atoms with Crippen LogP contribution in [0.1, 0.15) is 34.1 Å². The second kappa shape index (κ2) is 4.45. The van der Waals surface area contributed by atoms with Gasteiger partial charge in [0.15, 0.2) is 0 Å². The van der Waals surface area contributed by atoms with Gasteiger partial charge in [-0.2, -0.15) is 0 Å². The standard InChI is InChI=1S/C9H18O3/c1-5-7(10)9(3,4)8(11)12-6-2/h7,10H,5-6H2,1-4H3/t7-/m0/s1. The lowest BCUT2D eigenvalue weighted by molar-refractivity contribution is -0.160. The highest BCUT2D eigenvalue weighted by Crippen LogP contribution is 2.24. The minimum absolute atomic E-state index is 0.334. The number of ether oxygens (including phenoxy) is 1. The van der Waals surface area contributed by atoms with Gasteiger partial charge in [0, 0.05) is 0 Å². The third-order valence-corrected chi connectivity index (χ3v) is 2.02. The lowest BCUT2D eigenvalue weighted by Crippen LogP contribution is -2.38. The van der Waals surface area contributed by atoms with Gasteiger partial charge in [-0.25, -0.2) is 0 Å². The van der Waals surface area contributed by atoms with E-state index in [9.17, 15) is 9.90 Å². The Morgan fingerprint density at radius 1 is 1.50 bits per heavy atom. The van der Waals surface area contributed by atoms with Crippen molar-refractivity contribution in [1.82, 2.24) is 0 Å². The smallest absolute Gasteiger partial charge is 0.314 e. The molecule has 0 unspecified atom stereocenters. The molecule has 0 aromatic rings. The molecule has 0 heterocycles. The molecule has 0 saturated heterocycles. The van der Waals surface area contributed by atoms with Crippen LogP contribution < -0.4 is 0 Å². The molecule has 3 heteroatoms. The number of aliphatic hydroxyl groups excluding tert-OH is 1. The molecule has 0 aromatic heterocycles. The van der Waals surface area contributed by atoms with Gasteiger partial charge in [-0.15, -0.1) is 0 Å². The van der Waals surface area contributed by atoms with Crippen LogP contribution in [0.4, 0.5) is 0 Å². The number of esters is 1. The average molecular weight is 174 g/mol. The molecule has 0 fully saturated rings. The van der Waals surface area contributed by atoms with Crippen LogP contribution >= 0.6 is 0 Å². The molecule has 1 atom stereocenters. The summed E-state index contributed by atoms with van der Waals surface area (Å²) in [6.45, 7) is 7.34. The SMILES string of the molecule is CCOC(=O)C(C)(C)[C@@H](O)CC. The zero-order valence-corrected chi connectivity index (χ0v) is 8.26. The molecule has 0 aromatic carbocycles. The molecule has 0 aliphatic rings. The van der Waals surface area contributed by atoms with Crippen LogP contribution in [0.25, 0.3) is 0 Å². The molecule has 0 bridgehead atoms. The van der Waals surface area contributed by atoms with E-state index in [-0.39, 0.29) is 5.97 Å². The topological polar surface area (TPSA) is 46.5 Å². The maximum absolute atomic E-state index is 11.3. The molecule has 0 rings (SSSR count). The summed E-state index contributed by atoms with van der Waals surface area (Å²) in [4.78, 5) is 11.3. The Labute approximate surface area is 73.7 Å². The zero-order valence-electron chi connectivity index (χ0n) is 8.26. The first kappa shape index (κ1) is 11.4. The van der Waals surface area contributed by atoms with Crippen molar-refractivity contribution < 1.29 is 14.6 Å². The lowest BCUT2D eigenvalue weighted by atomic mass is 9.85. The lowest BCUT2D eigenvalue weighted by Gasteiger charge is -2.26.